The third kappa shape index (κ3) is 6.63. The molecule has 0 spiro atoms. The zero-order valence-corrected chi connectivity index (χ0v) is 20.8. The van der Waals surface area contributed by atoms with Gasteiger partial charge in [-0.3, -0.25) is 14.6 Å². The number of amides is 1. The van der Waals surface area contributed by atoms with Crippen LogP contribution < -0.4 is 5.32 Å². The third-order valence-corrected chi connectivity index (χ3v) is 6.28. The second-order valence-electron chi connectivity index (χ2n) is 9.19. The van der Waals surface area contributed by atoms with Crippen LogP contribution in [0.4, 0.5) is 0 Å². The topological polar surface area (TPSA) is 122 Å². The van der Waals surface area contributed by atoms with Gasteiger partial charge in [0, 0.05) is 66.0 Å². The second kappa shape index (κ2) is 12.2. The Hall–Kier alpha value is -3.85. The van der Waals surface area contributed by atoms with E-state index in [1.54, 1.807) is 10.9 Å². The highest BCUT2D eigenvalue weighted by atomic mass is 16.3. The molecule has 1 aliphatic rings. The number of aryl methyl sites for hydroxylation is 1. The average molecular weight is 488 g/mol. The van der Waals surface area contributed by atoms with Crippen molar-refractivity contribution in [3.05, 3.63) is 61.4 Å². The summed E-state index contributed by atoms with van der Waals surface area (Å²) in [6, 6.07) is 8.04. The quantitative estimate of drug-likeness (QED) is 0.378. The van der Waals surface area contributed by atoms with Crippen molar-refractivity contribution < 1.29 is 9.90 Å². The molecule has 1 fully saturated rings. The van der Waals surface area contributed by atoms with Gasteiger partial charge in [-0.1, -0.05) is 37.5 Å². The van der Waals surface area contributed by atoms with Crippen LogP contribution in [0.2, 0.25) is 0 Å². The Morgan fingerprint density at radius 1 is 1.06 bits per heavy atom. The summed E-state index contributed by atoms with van der Waals surface area (Å²) in [5.74, 6) is 1.02. The maximum absolute atomic E-state index is 11.5. The molecule has 1 atom stereocenters. The van der Waals surface area contributed by atoms with Gasteiger partial charge >= 0.3 is 0 Å². The van der Waals surface area contributed by atoms with E-state index in [4.69, 9.17) is 5.11 Å². The lowest BCUT2D eigenvalue weighted by molar-refractivity contribution is -0.126. The van der Waals surface area contributed by atoms with E-state index in [2.05, 4.69) is 42.7 Å². The van der Waals surface area contributed by atoms with Gasteiger partial charge in [-0.05, 0) is 31.4 Å². The average Bonchev–Trinajstić information content (AvgIpc) is 3.62. The molecule has 3 N–H and O–H groups in total. The van der Waals surface area contributed by atoms with Crippen LogP contribution in [0.3, 0.4) is 0 Å². The molecule has 0 aliphatic heterocycles. The number of H-pyrrole nitrogens is 1. The number of hydrogen-bond acceptors (Lipinski definition) is 6. The van der Waals surface area contributed by atoms with Gasteiger partial charge in [-0.25, -0.2) is 9.97 Å². The van der Waals surface area contributed by atoms with Crippen LogP contribution >= 0.6 is 0 Å². The van der Waals surface area contributed by atoms with E-state index in [-0.39, 0.29) is 24.5 Å². The molecule has 9 heteroatoms. The number of aliphatic hydroxyl groups is 1. The summed E-state index contributed by atoms with van der Waals surface area (Å²) in [6.45, 7) is 1.85. The molecule has 1 amide bonds. The first kappa shape index (κ1) is 25.2. The number of aliphatic hydroxyl groups excluding tert-OH is 1. The first-order valence-corrected chi connectivity index (χ1v) is 12.4. The highest BCUT2D eigenvalue weighted by Gasteiger charge is 2.21. The molecule has 4 aromatic rings. The van der Waals surface area contributed by atoms with Crippen molar-refractivity contribution in [1.82, 2.24) is 35.3 Å². The van der Waals surface area contributed by atoms with Crippen LogP contribution in [0.25, 0.3) is 33.6 Å². The molecule has 36 heavy (non-hydrogen) atoms. The maximum Gasteiger partial charge on any atom is 0.223 e. The van der Waals surface area contributed by atoms with Crippen LogP contribution in [0.15, 0.2) is 61.4 Å². The first-order valence-electron chi connectivity index (χ1n) is 12.4. The van der Waals surface area contributed by atoms with E-state index in [0.29, 0.717) is 5.82 Å². The minimum Gasteiger partial charge on any atom is -0.394 e. The molecule has 1 aromatic carbocycles. The third-order valence-electron chi connectivity index (χ3n) is 6.28. The Kier molecular flexibility index (Phi) is 8.57. The van der Waals surface area contributed by atoms with E-state index in [0.717, 1.165) is 40.7 Å². The molecule has 1 aliphatic carbocycles. The number of hydrogen-bond donors (Lipinski definition) is 3. The molecule has 3 aromatic heterocycles. The van der Waals surface area contributed by atoms with Gasteiger partial charge in [-0.2, -0.15) is 10.2 Å². The van der Waals surface area contributed by atoms with E-state index < -0.39 is 0 Å². The van der Waals surface area contributed by atoms with Crippen molar-refractivity contribution in [2.24, 2.45) is 13.0 Å². The monoisotopic (exact) mass is 487 g/mol. The number of nitrogens with one attached hydrogen (secondary N) is 2. The molecule has 1 saturated carbocycles. The summed E-state index contributed by atoms with van der Waals surface area (Å²) < 4.78 is 1.79. The molecule has 5 rings (SSSR count). The highest BCUT2D eigenvalue weighted by molar-refractivity contribution is 5.79. The minimum absolute atomic E-state index is 0.0262. The minimum atomic E-state index is -0.102. The van der Waals surface area contributed by atoms with Crippen LogP contribution in [0, 0.1) is 5.92 Å². The molecule has 0 bridgehead atoms. The van der Waals surface area contributed by atoms with Crippen molar-refractivity contribution in [1.29, 1.82) is 0 Å². The van der Waals surface area contributed by atoms with E-state index in [9.17, 15) is 4.79 Å². The van der Waals surface area contributed by atoms with Crippen molar-refractivity contribution in [2.45, 2.75) is 45.1 Å². The lowest BCUT2D eigenvalue weighted by Crippen LogP contribution is -2.39. The number of carbonyl (C=O) groups excluding carboxylic acids is 1. The van der Waals surface area contributed by atoms with Gasteiger partial charge in [0.15, 0.2) is 5.82 Å². The van der Waals surface area contributed by atoms with E-state index in [1.165, 1.54) is 19.3 Å². The Bertz CT molecular complexity index is 1230. The molecular formula is C27H33N7O2. The largest absolute Gasteiger partial charge is 0.394 e. The SMILES string of the molecule is C[C@H](CO)NC(=O)C1CCCCC1.Cn1cc(-c2cccc(-c3ncc(-c4cn[nH]c4)cn3)c2)cn1. The molecule has 3 heterocycles. The van der Waals surface area contributed by atoms with Gasteiger partial charge in [0.1, 0.15) is 0 Å². The fraction of sp³-hybridized carbons (Fsp3) is 0.370. The highest BCUT2D eigenvalue weighted by Crippen LogP contribution is 2.25. The van der Waals surface area contributed by atoms with Crippen molar-refractivity contribution >= 4 is 5.91 Å². The number of carbonyl (C=O) groups is 1. The van der Waals surface area contributed by atoms with E-state index >= 15 is 0 Å². The van der Waals surface area contributed by atoms with Crippen LogP contribution in [-0.4, -0.2) is 53.6 Å². The van der Waals surface area contributed by atoms with Crippen LogP contribution in [0.1, 0.15) is 39.0 Å². The summed E-state index contributed by atoms with van der Waals surface area (Å²) in [6.07, 6.45) is 16.7. The van der Waals surface area contributed by atoms with Crippen molar-refractivity contribution in [3.63, 3.8) is 0 Å². The number of benzene rings is 1. The van der Waals surface area contributed by atoms with Gasteiger partial charge in [0.05, 0.1) is 19.0 Å². The molecule has 0 saturated heterocycles. The fourth-order valence-corrected chi connectivity index (χ4v) is 4.21. The lowest BCUT2D eigenvalue weighted by Gasteiger charge is -2.22. The standard InChI is InChI=1S/C17H14N6.C10H19NO2/c1-23-11-16(10-22-23)12-3-2-4-13(5-12)17-18-6-14(7-19-17)15-8-20-21-9-15;1-8(7-12)11-10(13)9-5-3-2-4-6-9/h2-11H,1H3,(H,20,21);8-9,12H,2-7H2,1H3,(H,11,13)/t;8-/m.1/s1. The number of rotatable bonds is 6. The van der Waals surface area contributed by atoms with Gasteiger partial charge in [-0.15, -0.1) is 0 Å². The molecule has 0 radical (unpaired) electrons. The maximum atomic E-state index is 11.5. The summed E-state index contributed by atoms with van der Waals surface area (Å²) in [4.78, 5) is 20.5. The number of aromatic nitrogens is 6. The number of aromatic amines is 1. The van der Waals surface area contributed by atoms with E-state index in [1.807, 2.05) is 57.1 Å². The van der Waals surface area contributed by atoms with Gasteiger partial charge in [0.25, 0.3) is 0 Å². The summed E-state index contributed by atoms with van der Waals surface area (Å²) in [7, 11) is 1.91. The molecular weight excluding hydrogens is 454 g/mol. The van der Waals surface area contributed by atoms with Crippen LogP contribution in [0.5, 0.6) is 0 Å². The Labute approximate surface area is 211 Å². The first-order chi connectivity index (χ1) is 17.5. The summed E-state index contributed by atoms with van der Waals surface area (Å²) >= 11 is 0. The Morgan fingerprint density at radius 3 is 2.44 bits per heavy atom. The Morgan fingerprint density at radius 2 is 1.81 bits per heavy atom. The zero-order chi connectivity index (χ0) is 25.3. The predicted molar refractivity (Wildman–Crippen MR) is 139 cm³/mol. The molecule has 0 unspecified atom stereocenters. The summed E-state index contributed by atoms with van der Waals surface area (Å²) in [5.41, 5.74) is 5.05. The smallest absolute Gasteiger partial charge is 0.223 e. The molecule has 188 valence electrons. The van der Waals surface area contributed by atoms with Gasteiger partial charge < -0.3 is 10.4 Å². The van der Waals surface area contributed by atoms with Crippen LogP contribution in [-0.2, 0) is 11.8 Å². The zero-order valence-electron chi connectivity index (χ0n) is 20.8. The Balaban J connectivity index is 0.000000200. The summed E-state index contributed by atoms with van der Waals surface area (Å²) in [5, 5.41) is 22.5. The van der Waals surface area contributed by atoms with Crippen molar-refractivity contribution in [3.8, 4) is 33.6 Å². The lowest BCUT2D eigenvalue weighted by atomic mass is 9.88. The van der Waals surface area contributed by atoms with Gasteiger partial charge in [0.2, 0.25) is 5.91 Å². The fourth-order valence-electron chi connectivity index (χ4n) is 4.21. The second-order valence-corrected chi connectivity index (χ2v) is 9.19. The normalized spacial score (nSPS) is 14.5. The molecule has 9 nitrogen and oxygen atoms in total. The predicted octanol–water partition coefficient (Wildman–Crippen LogP) is 4.00. The number of nitrogens with zero attached hydrogens (tertiary/aromatic N) is 5. The van der Waals surface area contributed by atoms with Crippen molar-refractivity contribution in [2.75, 3.05) is 6.61 Å².